The molecule has 1 heterocycles. The molecule has 0 unspecified atom stereocenters. The van der Waals surface area contributed by atoms with Crippen LogP contribution in [0, 0.1) is 0 Å². The van der Waals surface area contributed by atoms with Crippen molar-refractivity contribution < 1.29 is 17.9 Å². The van der Waals surface area contributed by atoms with E-state index in [4.69, 9.17) is 10.5 Å². The fourth-order valence-corrected chi connectivity index (χ4v) is 3.02. The molecule has 0 radical (unpaired) electrons. The fourth-order valence-electron chi connectivity index (χ4n) is 2.52. The molecule has 8 nitrogen and oxygen atoms in total. The van der Waals surface area contributed by atoms with Crippen molar-refractivity contribution in [2.75, 3.05) is 18.7 Å². The summed E-state index contributed by atoms with van der Waals surface area (Å²) in [5.41, 5.74) is 5.38. The molecule has 3 N–H and O–H groups in total. The summed E-state index contributed by atoms with van der Waals surface area (Å²) in [5, 5.41) is 2.78. The molecule has 122 valence electrons. The summed E-state index contributed by atoms with van der Waals surface area (Å²) in [6, 6.07) is 0.0408. The van der Waals surface area contributed by atoms with E-state index in [2.05, 4.69) is 15.3 Å². The van der Waals surface area contributed by atoms with Gasteiger partial charge >= 0.3 is 0 Å². The Hall–Kier alpha value is -1.74. The minimum Gasteiger partial charge on any atom is -0.381 e. The monoisotopic (exact) mass is 328 g/mol. The fraction of sp³-hybridized carbons (Fsp3) is 0.615. The van der Waals surface area contributed by atoms with Crippen LogP contribution in [0.15, 0.2) is 11.4 Å². The van der Waals surface area contributed by atoms with Crippen molar-refractivity contribution >= 4 is 21.6 Å². The van der Waals surface area contributed by atoms with Crippen LogP contribution in [0.1, 0.15) is 36.0 Å². The van der Waals surface area contributed by atoms with Crippen LogP contribution < -0.4 is 11.1 Å². The van der Waals surface area contributed by atoms with Crippen LogP contribution in [0.25, 0.3) is 0 Å². The van der Waals surface area contributed by atoms with Crippen molar-refractivity contribution in [1.82, 2.24) is 9.97 Å². The average Bonchev–Trinajstić information content (AvgIpc) is 2.46. The Morgan fingerprint density at radius 2 is 2.18 bits per heavy atom. The van der Waals surface area contributed by atoms with E-state index in [9.17, 15) is 13.2 Å². The maximum Gasteiger partial charge on any atom is 0.254 e. The van der Waals surface area contributed by atoms with Crippen molar-refractivity contribution in [3.63, 3.8) is 0 Å². The molecule has 1 aromatic rings. The number of methoxy groups -OCH3 is 1. The molecule has 0 aromatic carbocycles. The molecule has 1 aliphatic carbocycles. The zero-order valence-corrected chi connectivity index (χ0v) is 13.4. The van der Waals surface area contributed by atoms with Gasteiger partial charge in [-0.1, -0.05) is 0 Å². The first-order chi connectivity index (χ1) is 10.3. The van der Waals surface area contributed by atoms with E-state index in [0.29, 0.717) is 0 Å². The Labute approximate surface area is 129 Å². The van der Waals surface area contributed by atoms with Crippen LogP contribution in [0.4, 0.5) is 5.82 Å². The molecule has 2 atom stereocenters. The van der Waals surface area contributed by atoms with Crippen molar-refractivity contribution in [3.8, 4) is 0 Å². The summed E-state index contributed by atoms with van der Waals surface area (Å²) >= 11 is 0. The van der Waals surface area contributed by atoms with E-state index in [1.807, 2.05) is 0 Å². The summed E-state index contributed by atoms with van der Waals surface area (Å²) < 4.78 is 28.5. The number of sulfone groups is 1. The van der Waals surface area contributed by atoms with E-state index in [0.717, 1.165) is 38.1 Å². The minimum atomic E-state index is -3.56. The number of ether oxygens (including phenoxy) is 1. The molecule has 1 saturated carbocycles. The number of nitrogens with one attached hydrogen (secondary N) is 1. The van der Waals surface area contributed by atoms with Gasteiger partial charge in [-0.25, -0.2) is 18.4 Å². The molecule has 1 aliphatic rings. The van der Waals surface area contributed by atoms with Crippen LogP contribution >= 0.6 is 0 Å². The maximum absolute atomic E-state index is 11.6. The third-order valence-corrected chi connectivity index (χ3v) is 4.52. The minimum absolute atomic E-state index is 0.0408. The lowest BCUT2D eigenvalue weighted by atomic mass is 9.93. The number of nitrogens with two attached hydrogens (primary N) is 1. The Bertz CT molecular complexity index is 662. The van der Waals surface area contributed by atoms with E-state index < -0.39 is 15.7 Å². The molecule has 9 heteroatoms. The number of hydrogen-bond donors (Lipinski definition) is 2. The van der Waals surface area contributed by atoms with E-state index >= 15 is 0 Å². The second-order valence-corrected chi connectivity index (χ2v) is 7.33. The number of carbonyl (C=O) groups is 1. The van der Waals surface area contributed by atoms with Crippen LogP contribution in [-0.4, -0.2) is 49.8 Å². The highest BCUT2D eigenvalue weighted by molar-refractivity contribution is 7.90. The molecule has 2 rings (SSSR count). The molecular formula is C13H20N4O4S. The van der Waals surface area contributed by atoms with Crippen LogP contribution in [0.2, 0.25) is 0 Å². The average molecular weight is 328 g/mol. The van der Waals surface area contributed by atoms with Gasteiger partial charge in [-0.2, -0.15) is 0 Å². The maximum atomic E-state index is 11.6. The normalized spacial score (nSPS) is 22.3. The predicted molar refractivity (Wildman–Crippen MR) is 80.3 cm³/mol. The zero-order valence-electron chi connectivity index (χ0n) is 12.6. The van der Waals surface area contributed by atoms with Gasteiger partial charge in [0.05, 0.1) is 11.7 Å². The molecule has 0 bridgehead atoms. The number of anilines is 1. The lowest BCUT2D eigenvalue weighted by molar-refractivity contribution is 0.0669. The Morgan fingerprint density at radius 1 is 1.45 bits per heavy atom. The summed E-state index contributed by atoms with van der Waals surface area (Å²) in [6.07, 6.45) is 5.90. The number of aromatic nitrogens is 2. The second kappa shape index (κ2) is 6.57. The standard InChI is InChI=1S/C13H20N4O4S/c1-21-9-5-3-4-8(6-9)16-12-10(11(14)18)7-15-13(17-12)22(2,19)20/h7-9H,3-6H2,1-2H3,(H2,14,18)(H,15,16,17)/t8-,9+/m1/s1. The quantitative estimate of drug-likeness (QED) is 0.747. The first-order valence-corrected chi connectivity index (χ1v) is 8.86. The molecule has 1 fully saturated rings. The Morgan fingerprint density at radius 3 is 2.77 bits per heavy atom. The molecular weight excluding hydrogens is 308 g/mol. The third-order valence-electron chi connectivity index (χ3n) is 3.66. The molecule has 22 heavy (non-hydrogen) atoms. The molecule has 1 aromatic heterocycles. The number of primary amides is 1. The molecule has 0 spiro atoms. The first kappa shape index (κ1) is 16.6. The molecule has 0 aliphatic heterocycles. The van der Waals surface area contributed by atoms with Crippen LogP contribution in [0.3, 0.4) is 0 Å². The van der Waals surface area contributed by atoms with E-state index in [1.54, 1.807) is 7.11 Å². The lowest BCUT2D eigenvalue weighted by Gasteiger charge is -2.29. The van der Waals surface area contributed by atoms with Crippen LogP contribution in [0.5, 0.6) is 0 Å². The highest BCUT2D eigenvalue weighted by atomic mass is 32.2. The van der Waals surface area contributed by atoms with Gasteiger partial charge < -0.3 is 15.8 Å². The topological polar surface area (TPSA) is 124 Å². The van der Waals surface area contributed by atoms with E-state index in [-0.39, 0.29) is 28.7 Å². The van der Waals surface area contributed by atoms with E-state index in [1.165, 1.54) is 0 Å². The number of amides is 1. The smallest absolute Gasteiger partial charge is 0.254 e. The first-order valence-electron chi connectivity index (χ1n) is 6.97. The number of carbonyl (C=O) groups excluding carboxylic acids is 1. The van der Waals surface area contributed by atoms with Crippen molar-refractivity contribution in [3.05, 3.63) is 11.8 Å². The summed E-state index contributed by atoms with van der Waals surface area (Å²) in [6.45, 7) is 0. The van der Waals surface area contributed by atoms with Crippen molar-refractivity contribution in [1.29, 1.82) is 0 Å². The van der Waals surface area contributed by atoms with Gasteiger partial charge in [0.1, 0.15) is 5.82 Å². The molecule has 1 amide bonds. The van der Waals surface area contributed by atoms with Gasteiger partial charge in [-0.3, -0.25) is 4.79 Å². The zero-order chi connectivity index (χ0) is 16.3. The Kier molecular flexibility index (Phi) is 4.97. The van der Waals surface area contributed by atoms with Gasteiger partial charge in [-0.15, -0.1) is 0 Å². The SMILES string of the molecule is CO[C@H]1CCC[C@@H](Nc2nc(S(C)(=O)=O)ncc2C(N)=O)C1. The summed E-state index contributed by atoms with van der Waals surface area (Å²) in [5.74, 6) is -0.550. The number of rotatable bonds is 5. The number of nitrogens with zero attached hydrogens (tertiary/aromatic N) is 2. The van der Waals surface area contributed by atoms with Gasteiger partial charge in [0.25, 0.3) is 5.91 Å². The molecule has 0 saturated heterocycles. The van der Waals surface area contributed by atoms with Gasteiger partial charge in [0.15, 0.2) is 0 Å². The van der Waals surface area contributed by atoms with Crippen LogP contribution in [-0.2, 0) is 14.6 Å². The summed E-state index contributed by atoms with van der Waals surface area (Å²) in [4.78, 5) is 19.1. The summed E-state index contributed by atoms with van der Waals surface area (Å²) in [7, 11) is -1.90. The Balaban J connectivity index is 2.29. The highest BCUT2D eigenvalue weighted by Gasteiger charge is 2.24. The number of hydrogen-bond acceptors (Lipinski definition) is 7. The lowest BCUT2D eigenvalue weighted by Crippen LogP contribution is -2.32. The predicted octanol–water partition coefficient (Wildman–Crippen LogP) is 0.349. The van der Waals surface area contributed by atoms with Gasteiger partial charge in [0, 0.05) is 25.6 Å². The third kappa shape index (κ3) is 3.92. The van der Waals surface area contributed by atoms with Crippen molar-refractivity contribution in [2.45, 2.75) is 43.0 Å². The largest absolute Gasteiger partial charge is 0.381 e. The second-order valence-electron chi connectivity index (χ2n) is 5.42. The van der Waals surface area contributed by atoms with Gasteiger partial charge in [-0.05, 0) is 25.7 Å². The van der Waals surface area contributed by atoms with Gasteiger partial charge in [0.2, 0.25) is 15.0 Å². The highest BCUT2D eigenvalue weighted by Crippen LogP contribution is 2.24. The van der Waals surface area contributed by atoms with Crippen molar-refractivity contribution in [2.24, 2.45) is 5.73 Å².